The van der Waals surface area contributed by atoms with Crippen LogP contribution in [0.5, 0.6) is 0 Å². The summed E-state index contributed by atoms with van der Waals surface area (Å²) >= 11 is 1.13. The van der Waals surface area contributed by atoms with Crippen molar-refractivity contribution in [2.45, 2.75) is 38.4 Å². The molecule has 3 N–H and O–H groups in total. The molecule has 1 fully saturated rings. The molecule has 1 amide bonds. The summed E-state index contributed by atoms with van der Waals surface area (Å²) in [6.45, 7) is 2.33. The zero-order valence-corrected chi connectivity index (χ0v) is 9.89. The van der Waals surface area contributed by atoms with Crippen LogP contribution < -0.4 is 15.5 Å². The Morgan fingerprint density at radius 1 is 1.69 bits per heavy atom. The highest BCUT2D eigenvalue weighted by atomic mass is 32.1. The highest BCUT2D eigenvalue weighted by Crippen LogP contribution is 2.18. The van der Waals surface area contributed by atoms with Gasteiger partial charge >= 0.3 is 4.87 Å². The van der Waals surface area contributed by atoms with Crippen molar-refractivity contribution in [3.63, 3.8) is 0 Å². The Kier molecular flexibility index (Phi) is 3.40. The average Bonchev–Trinajstić information content (AvgIpc) is 2.96. The lowest BCUT2D eigenvalue weighted by atomic mass is 10.3. The Bertz CT molecular complexity index is 422. The normalized spacial score (nSPS) is 17.1. The Labute approximate surface area is 97.3 Å². The van der Waals surface area contributed by atoms with E-state index >= 15 is 0 Å². The summed E-state index contributed by atoms with van der Waals surface area (Å²) in [5.74, 6) is 0.0278. The van der Waals surface area contributed by atoms with Gasteiger partial charge in [0.2, 0.25) is 5.91 Å². The van der Waals surface area contributed by atoms with E-state index in [0.717, 1.165) is 29.9 Å². The number of amides is 1. The van der Waals surface area contributed by atoms with Gasteiger partial charge in [0, 0.05) is 23.7 Å². The van der Waals surface area contributed by atoms with E-state index in [1.54, 1.807) is 5.38 Å². The van der Waals surface area contributed by atoms with Crippen molar-refractivity contribution in [1.82, 2.24) is 15.6 Å². The van der Waals surface area contributed by atoms with Crippen LogP contribution in [0.15, 0.2) is 10.2 Å². The van der Waals surface area contributed by atoms with Crippen molar-refractivity contribution < 1.29 is 4.79 Å². The molecule has 6 heteroatoms. The molecule has 2 rings (SSSR count). The number of hydrogen-bond acceptors (Lipinski definition) is 4. The van der Waals surface area contributed by atoms with Crippen LogP contribution in [-0.2, 0) is 11.3 Å². The van der Waals surface area contributed by atoms with Crippen molar-refractivity contribution in [3.8, 4) is 0 Å². The fourth-order valence-corrected chi connectivity index (χ4v) is 1.89. The highest BCUT2D eigenvalue weighted by Gasteiger charge is 2.25. The minimum absolute atomic E-state index is 0.0278. The van der Waals surface area contributed by atoms with E-state index in [1.165, 1.54) is 0 Å². The van der Waals surface area contributed by atoms with Crippen LogP contribution in [0.1, 0.15) is 25.5 Å². The standard InChI is InChI=1S/C10H15N3O2S/c1-6(9(14)12-7-2-3-7)11-4-8-5-16-10(15)13-8/h5-7,11H,2-4H2,1H3,(H,12,14)(H,13,15). The van der Waals surface area contributed by atoms with Crippen molar-refractivity contribution in [1.29, 1.82) is 0 Å². The van der Waals surface area contributed by atoms with Gasteiger partial charge in [0.1, 0.15) is 0 Å². The summed E-state index contributed by atoms with van der Waals surface area (Å²) in [4.78, 5) is 25.1. The predicted octanol–water partition coefficient (Wildman–Crippen LogP) is 0.193. The largest absolute Gasteiger partial charge is 0.352 e. The van der Waals surface area contributed by atoms with Gasteiger partial charge < -0.3 is 15.6 Å². The molecule has 0 bridgehead atoms. The summed E-state index contributed by atoms with van der Waals surface area (Å²) in [5.41, 5.74) is 0.820. The van der Waals surface area contributed by atoms with E-state index in [2.05, 4.69) is 15.6 Å². The predicted molar refractivity (Wildman–Crippen MR) is 62.4 cm³/mol. The molecule has 88 valence electrons. The second-order valence-corrected chi connectivity index (χ2v) is 4.90. The van der Waals surface area contributed by atoms with Gasteiger partial charge in [0.15, 0.2) is 0 Å². The molecule has 1 atom stereocenters. The van der Waals surface area contributed by atoms with Crippen LogP contribution in [0.4, 0.5) is 0 Å². The molecule has 0 radical (unpaired) electrons. The van der Waals surface area contributed by atoms with Crippen LogP contribution in [0.25, 0.3) is 0 Å². The number of rotatable bonds is 5. The lowest BCUT2D eigenvalue weighted by Gasteiger charge is -2.12. The summed E-state index contributed by atoms with van der Waals surface area (Å²) in [7, 11) is 0. The Hall–Kier alpha value is -1.14. The molecule has 1 aromatic heterocycles. The molecular formula is C10H15N3O2S. The van der Waals surface area contributed by atoms with Crippen molar-refractivity contribution in [2.75, 3.05) is 0 Å². The number of aromatic nitrogens is 1. The number of carbonyl (C=O) groups excluding carboxylic acids is 1. The van der Waals surface area contributed by atoms with Crippen LogP contribution in [-0.4, -0.2) is 23.0 Å². The molecule has 0 saturated heterocycles. The Balaban J connectivity index is 1.75. The number of hydrogen-bond donors (Lipinski definition) is 3. The number of nitrogens with one attached hydrogen (secondary N) is 3. The van der Waals surface area contributed by atoms with Gasteiger partial charge in [-0.05, 0) is 19.8 Å². The first-order valence-corrected chi connectivity index (χ1v) is 6.23. The second-order valence-electron chi connectivity index (χ2n) is 4.06. The SMILES string of the molecule is CC(NCc1csc(=O)[nH]1)C(=O)NC1CC1. The van der Waals surface area contributed by atoms with Crippen molar-refractivity contribution >= 4 is 17.2 Å². The maximum atomic E-state index is 11.6. The first-order chi connectivity index (χ1) is 7.65. The topological polar surface area (TPSA) is 74.0 Å². The third kappa shape index (κ3) is 3.18. The molecule has 1 heterocycles. The lowest BCUT2D eigenvalue weighted by molar-refractivity contribution is -0.122. The zero-order valence-electron chi connectivity index (χ0n) is 9.08. The van der Waals surface area contributed by atoms with Crippen molar-refractivity contribution in [2.24, 2.45) is 0 Å². The maximum Gasteiger partial charge on any atom is 0.304 e. The average molecular weight is 241 g/mol. The van der Waals surface area contributed by atoms with Gasteiger partial charge in [-0.25, -0.2) is 0 Å². The van der Waals surface area contributed by atoms with E-state index in [9.17, 15) is 9.59 Å². The smallest absolute Gasteiger partial charge is 0.304 e. The van der Waals surface area contributed by atoms with Gasteiger partial charge in [-0.1, -0.05) is 11.3 Å². The minimum atomic E-state index is -0.232. The zero-order chi connectivity index (χ0) is 11.5. The van der Waals surface area contributed by atoms with Crippen LogP contribution >= 0.6 is 11.3 Å². The highest BCUT2D eigenvalue weighted by molar-refractivity contribution is 7.07. The van der Waals surface area contributed by atoms with Crippen LogP contribution in [0.3, 0.4) is 0 Å². The van der Waals surface area contributed by atoms with E-state index in [-0.39, 0.29) is 16.8 Å². The van der Waals surface area contributed by atoms with Crippen molar-refractivity contribution in [3.05, 3.63) is 20.7 Å². The summed E-state index contributed by atoms with van der Waals surface area (Å²) in [5, 5.41) is 7.76. The van der Waals surface area contributed by atoms with E-state index < -0.39 is 0 Å². The number of thiazole rings is 1. The fourth-order valence-electron chi connectivity index (χ4n) is 1.31. The lowest BCUT2D eigenvalue weighted by Crippen LogP contribution is -2.42. The molecule has 1 aliphatic rings. The first-order valence-electron chi connectivity index (χ1n) is 5.35. The number of carbonyl (C=O) groups is 1. The van der Waals surface area contributed by atoms with E-state index in [4.69, 9.17) is 0 Å². The monoisotopic (exact) mass is 241 g/mol. The summed E-state index contributed by atoms with van der Waals surface area (Å²) < 4.78 is 0. The quantitative estimate of drug-likeness (QED) is 0.689. The summed E-state index contributed by atoms with van der Waals surface area (Å²) in [6, 6.07) is 0.154. The van der Waals surface area contributed by atoms with Gasteiger partial charge in [0.05, 0.1) is 6.04 Å². The molecule has 0 spiro atoms. The van der Waals surface area contributed by atoms with Gasteiger partial charge in [-0.3, -0.25) is 9.59 Å². The molecule has 5 nitrogen and oxygen atoms in total. The van der Waals surface area contributed by atoms with Crippen LogP contribution in [0, 0.1) is 0 Å². The Morgan fingerprint density at radius 2 is 2.44 bits per heavy atom. The molecule has 1 aliphatic carbocycles. The minimum Gasteiger partial charge on any atom is -0.352 e. The molecule has 1 aromatic rings. The molecule has 1 unspecified atom stereocenters. The maximum absolute atomic E-state index is 11.6. The number of H-pyrrole nitrogens is 1. The molecule has 16 heavy (non-hydrogen) atoms. The van der Waals surface area contributed by atoms with Crippen LogP contribution in [0.2, 0.25) is 0 Å². The number of aromatic amines is 1. The molecular weight excluding hydrogens is 226 g/mol. The first kappa shape index (κ1) is 11.3. The molecule has 1 saturated carbocycles. The fraction of sp³-hybridized carbons (Fsp3) is 0.600. The van der Waals surface area contributed by atoms with Gasteiger partial charge in [-0.15, -0.1) is 0 Å². The van der Waals surface area contributed by atoms with Gasteiger partial charge in [-0.2, -0.15) is 0 Å². The van der Waals surface area contributed by atoms with Gasteiger partial charge in [0.25, 0.3) is 0 Å². The Morgan fingerprint density at radius 3 is 3.00 bits per heavy atom. The van der Waals surface area contributed by atoms with E-state index in [0.29, 0.717) is 12.6 Å². The molecule has 0 aliphatic heterocycles. The summed E-state index contributed by atoms with van der Waals surface area (Å²) in [6.07, 6.45) is 2.19. The second kappa shape index (κ2) is 4.80. The van der Waals surface area contributed by atoms with E-state index in [1.807, 2.05) is 6.92 Å². The third-order valence-corrected chi connectivity index (χ3v) is 3.21. The molecule has 0 aromatic carbocycles. The third-order valence-electron chi connectivity index (χ3n) is 2.49.